The van der Waals surface area contributed by atoms with Gasteiger partial charge in [-0.1, -0.05) is 0 Å². The van der Waals surface area contributed by atoms with Gasteiger partial charge in [0.1, 0.15) is 0 Å². The first-order chi connectivity index (χ1) is 3.79. The monoisotopic (exact) mass is 115 g/mol. The molecule has 46 valence electrons. The number of hydrogen-bond donors (Lipinski definition) is 3. The van der Waals surface area contributed by atoms with Gasteiger partial charge in [-0.15, -0.1) is 0 Å². The van der Waals surface area contributed by atoms with Gasteiger partial charge in [0.15, 0.2) is 0 Å². The minimum absolute atomic E-state index is 0.310. The second-order valence-electron chi connectivity index (χ2n) is 2.16. The highest BCUT2D eigenvalue weighted by Crippen LogP contribution is 2.17. The van der Waals surface area contributed by atoms with Crippen molar-refractivity contribution >= 4 is 7.12 Å². The lowest BCUT2D eigenvalue weighted by Crippen LogP contribution is -2.31. The van der Waals surface area contributed by atoms with E-state index in [9.17, 15) is 0 Å². The zero-order valence-corrected chi connectivity index (χ0v) is 4.67. The van der Waals surface area contributed by atoms with Crippen molar-refractivity contribution in [1.82, 2.24) is 5.32 Å². The maximum atomic E-state index is 8.32. The Bertz CT molecular complexity index is 72.4. The third kappa shape index (κ3) is 2.30. The summed E-state index contributed by atoms with van der Waals surface area (Å²) in [4.78, 5) is 0. The highest BCUT2D eigenvalue weighted by Gasteiger charge is 2.21. The lowest BCUT2D eigenvalue weighted by molar-refractivity contribution is 0.399. The van der Waals surface area contributed by atoms with Gasteiger partial charge in [0.2, 0.25) is 0 Å². The van der Waals surface area contributed by atoms with Crippen molar-refractivity contribution in [2.45, 2.75) is 18.9 Å². The van der Waals surface area contributed by atoms with Crippen LogP contribution >= 0.6 is 0 Å². The van der Waals surface area contributed by atoms with Gasteiger partial charge in [-0.3, -0.25) is 0 Å². The molecule has 0 radical (unpaired) electrons. The smallest absolute Gasteiger partial charge is 0.426 e. The molecule has 0 heterocycles. The Morgan fingerprint density at radius 2 is 2.12 bits per heavy atom. The van der Waals surface area contributed by atoms with Gasteiger partial charge in [0, 0.05) is 12.5 Å². The van der Waals surface area contributed by atoms with E-state index in [1.54, 1.807) is 0 Å². The molecule has 0 unspecified atom stereocenters. The second kappa shape index (κ2) is 2.48. The van der Waals surface area contributed by atoms with E-state index >= 15 is 0 Å². The molecule has 1 fully saturated rings. The summed E-state index contributed by atoms with van der Waals surface area (Å²) in [6, 6.07) is 0.566. The molecule has 1 saturated carbocycles. The van der Waals surface area contributed by atoms with Crippen molar-refractivity contribution in [3.8, 4) is 0 Å². The minimum Gasteiger partial charge on any atom is -0.426 e. The third-order valence-corrected chi connectivity index (χ3v) is 1.17. The van der Waals surface area contributed by atoms with E-state index in [0.29, 0.717) is 12.5 Å². The van der Waals surface area contributed by atoms with Crippen LogP contribution in [0.4, 0.5) is 0 Å². The molecule has 0 bridgehead atoms. The number of nitrogens with one attached hydrogen (secondary N) is 1. The van der Waals surface area contributed by atoms with Crippen LogP contribution in [0.5, 0.6) is 0 Å². The van der Waals surface area contributed by atoms with E-state index in [2.05, 4.69) is 5.32 Å². The largest absolute Gasteiger partial charge is 0.466 e. The van der Waals surface area contributed by atoms with E-state index in [4.69, 9.17) is 10.0 Å². The fourth-order valence-corrected chi connectivity index (χ4v) is 0.560. The molecular weight excluding hydrogens is 105 g/mol. The van der Waals surface area contributed by atoms with Crippen LogP contribution in [-0.2, 0) is 0 Å². The second-order valence-corrected chi connectivity index (χ2v) is 2.16. The van der Waals surface area contributed by atoms with E-state index in [1.165, 1.54) is 12.8 Å². The summed E-state index contributed by atoms with van der Waals surface area (Å²) in [6.07, 6.45) is 2.68. The summed E-state index contributed by atoms with van der Waals surface area (Å²) in [5, 5.41) is 19.6. The maximum absolute atomic E-state index is 8.32. The van der Waals surface area contributed by atoms with Crippen LogP contribution in [0.15, 0.2) is 0 Å². The molecule has 1 rings (SSSR count). The molecule has 0 aliphatic heterocycles. The van der Waals surface area contributed by atoms with Gasteiger partial charge in [-0.05, 0) is 12.8 Å². The predicted molar refractivity (Wildman–Crippen MR) is 31.2 cm³/mol. The first-order valence-corrected chi connectivity index (χ1v) is 2.88. The van der Waals surface area contributed by atoms with E-state index in [1.807, 2.05) is 0 Å². The Balaban J connectivity index is 1.87. The SMILES string of the molecule is OB(O)CNC1CC1. The van der Waals surface area contributed by atoms with Gasteiger partial charge in [-0.25, -0.2) is 0 Å². The molecule has 1 aliphatic rings. The molecule has 3 N–H and O–H groups in total. The van der Waals surface area contributed by atoms with Crippen LogP contribution in [-0.4, -0.2) is 29.7 Å². The Morgan fingerprint density at radius 3 is 2.50 bits per heavy atom. The molecule has 8 heavy (non-hydrogen) atoms. The van der Waals surface area contributed by atoms with E-state index < -0.39 is 7.12 Å². The van der Waals surface area contributed by atoms with Crippen LogP contribution in [0.1, 0.15) is 12.8 Å². The molecule has 4 heteroatoms. The molecule has 3 nitrogen and oxygen atoms in total. The summed E-state index contributed by atoms with van der Waals surface area (Å²) in [7, 11) is -1.18. The Hall–Kier alpha value is -0.0551. The summed E-state index contributed by atoms with van der Waals surface area (Å²) >= 11 is 0. The summed E-state index contributed by atoms with van der Waals surface area (Å²) < 4.78 is 0. The van der Waals surface area contributed by atoms with Gasteiger partial charge < -0.3 is 15.4 Å². The van der Waals surface area contributed by atoms with Crippen molar-refractivity contribution in [2.75, 3.05) is 6.44 Å². The summed E-state index contributed by atoms with van der Waals surface area (Å²) in [5.41, 5.74) is 0. The average molecular weight is 115 g/mol. The first-order valence-electron chi connectivity index (χ1n) is 2.88. The molecule has 0 saturated heterocycles. The topological polar surface area (TPSA) is 52.5 Å². The Kier molecular flexibility index (Phi) is 1.88. The van der Waals surface area contributed by atoms with Crippen molar-refractivity contribution in [2.24, 2.45) is 0 Å². The van der Waals surface area contributed by atoms with Crippen LogP contribution in [0.3, 0.4) is 0 Å². The summed E-state index contributed by atoms with van der Waals surface area (Å²) in [6.45, 7) is 0. The zero-order chi connectivity index (χ0) is 5.98. The van der Waals surface area contributed by atoms with Crippen LogP contribution < -0.4 is 5.32 Å². The van der Waals surface area contributed by atoms with Gasteiger partial charge in [0.05, 0.1) is 0 Å². The normalized spacial score (nSPS) is 18.8. The minimum atomic E-state index is -1.18. The van der Waals surface area contributed by atoms with Crippen molar-refractivity contribution in [3.63, 3.8) is 0 Å². The molecule has 0 aromatic rings. The highest BCUT2D eigenvalue weighted by atomic mass is 16.4. The molecule has 0 spiro atoms. The van der Waals surface area contributed by atoms with Crippen molar-refractivity contribution in [3.05, 3.63) is 0 Å². The third-order valence-electron chi connectivity index (χ3n) is 1.17. The van der Waals surface area contributed by atoms with E-state index in [-0.39, 0.29) is 0 Å². The van der Waals surface area contributed by atoms with Gasteiger partial charge >= 0.3 is 7.12 Å². The lowest BCUT2D eigenvalue weighted by Gasteiger charge is -1.97. The fourth-order valence-electron chi connectivity index (χ4n) is 0.560. The van der Waals surface area contributed by atoms with Crippen molar-refractivity contribution < 1.29 is 10.0 Å². The lowest BCUT2D eigenvalue weighted by atomic mass is 9.92. The van der Waals surface area contributed by atoms with Crippen molar-refractivity contribution in [1.29, 1.82) is 0 Å². The molecule has 0 aromatic carbocycles. The Morgan fingerprint density at radius 1 is 1.50 bits per heavy atom. The quantitative estimate of drug-likeness (QED) is 0.403. The summed E-state index contributed by atoms with van der Waals surface area (Å²) in [5.74, 6) is 0. The Labute approximate surface area is 48.9 Å². The van der Waals surface area contributed by atoms with Gasteiger partial charge in [0.25, 0.3) is 0 Å². The predicted octanol–water partition coefficient (Wildman–Crippen LogP) is -1.25. The molecule has 1 aliphatic carbocycles. The average Bonchev–Trinajstić information content (AvgIpc) is 2.41. The van der Waals surface area contributed by atoms with Gasteiger partial charge in [-0.2, -0.15) is 0 Å². The molecule has 0 atom stereocenters. The zero-order valence-electron chi connectivity index (χ0n) is 4.67. The first kappa shape index (κ1) is 6.07. The van der Waals surface area contributed by atoms with Crippen LogP contribution in [0, 0.1) is 0 Å². The molecular formula is C4H10BNO2. The van der Waals surface area contributed by atoms with E-state index in [0.717, 1.165) is 0 Å². The van der Waals surface area contributed by atoms with Crippen LogP contribution in [0.2, 0.25) is 0 Å². The standard InChI is InChI=1S/C4H10BNO2/c7-5(8)3-6-4-1-2-4/h4,6-8H,1-3H2. The number of hydrogen-bond acceptors (Lipinski definition) is 3. The fraction of sp³-hybridized carbons (Fsp3) is 1.00. The number of rotatable bonds is 3. The molecule has 0 aromatic heterocycles. The maximum Gasteiger partial charge on any atom is 0.466 e. The molecule has 0 amide bonds. The van der Waals surface area contributed by atoms with Crippen LogP contribution in [0.25, 0.3) is 0 Å². The highest BCUT2D eigenvalue weighted by molar-refractivity contribution is 6.41.